The maximum atomic E-state index is 11.2. The van der Waals surface area contributed by atoms with Gasteiger partial charge in [0.15, 0.2) is 0 Å². The van der Waals surface area contributed by atoms with Crippen LogP contribution in [0.25, 0.3) is 0 Å². The molecule has 3 N–H and O–H groups in total. The number of aliphatic hydroxyl groups is 1. The predicted molar refractivity (Wildman–Crippen MR) is 50.3 cm³/mol. The zero-order chi connectivity index (χ0) is 9.52. The van der Waals surface area contributed by atoms with Crippen LogP contribution in [0.2, 0.25) is 0 Å². The molecule has 0 atom stereocenters. The molecular formula is C9H18N2O2. The molecule has 1 saturated heterocycles. The van der Waals surface area contributed by atoms with Gasteiger partial charge < -0.3 is 15.7 Å². The molecule has 0 bridgehead atoms. The first kappa shape index (κ1) is 10.5. The van der Waals surface area contributed by atoms with Crippen molar-refractivity contribution < 1.29 is 9.90 Å². The van der Waals surface area contributed by atoms with Crippen LogP contribution in [-0.4, -0.2) is 37.3 Å². The number of carbonyl (C=O) groups excluding carboxylic acids is 1. The minimum Gasteiger partial charge on any atom is -0.395 e. The molecule has 0 aromatic carbocycles. The second-order valence-electron chi connectivity index (χ2n) is 3.47. The van der Waals surface area contributed by atoms with E-state index >= 15 is 0 Å². The monoisotopic (exact) mass is 186 g/mol. The van der Waals surface area contributed by atoms with E-state index in [0.717, 1.165) is 25.9 Å². The molecule has 4 nitrogen and oxygen atoms in total. The second kappa shape index (κ2) is 5.94. The number of amides is 1. The Labute approximate surface area is 78.7 Å². The van der Waals surface area contributed by atoms with Gasteiger partial charge in [-0.3, -0.25) is 4.79 Å². The molecule has 1 heterocycles. The van der Waals surface area contributed by atoms with Gasteiger partial charge in [0.25, 0.3) is 0 Å². The summed E-state index contributed by atoms with van der Waals surface area (Å²) in [4.78, 5) is 11.2. The van der Waals surface area contributed by atoms with Crippen molar-refractivity contribution >= 4 is 5.91 Å². The van der Waals surface area contributed by atoms with E-state index in [0.29, 0.717) is 18.9 Å². The predicted octanol–water partition coefficient (Wildman–Crippen LogP) is -0.515. The van der Waals surface area contributed by atoms with E-state index in [4.69, 9.17) is 5.11 Å². The van der Waals surface area contributed by atoms with Crippen molar-refractivity contribution in [3.63, 3.8) is 0 Å². The summed E-state index contributed by atoms with van der Waals surface area (Å²) >= 11 is 0. The molecule has 1 fully saturated rings. The highest BCUT2D eigenvalue weighted by Gasteiger charge is 2.15. The van der Waals surface area contributed by atoms with Crippen molar-refractivity contribution in [3.05, 3.63) is 0 Å². The second-order valence-corrected chi connectivity index (χ2v) is 3.47. The number of hydrogen-bond donors (Lipinski definition) is 3. The van der Waals surface area contributed by atoms with Crippen LogP contribution in [0.5, 0.6) is 0 Å². The van der Waals surface area contributed by atoms with Crippen molar-refractivity contribution in [2.45, 2.75) is 19.3 Å². The summed E-state index contributed by atoms with van der Waals surface area (Å²) in [7, 11) is 0. The SMILES string of the molecule is O=C(CC1CCNCC1)NCCO. The van der Waals surface area contributed by atoms with Gasteiger partial charge in [-0.05, 0) is 31.8 Å². The first-order valence-corrected chi connectivity index (χ1v) is 4.91. The van der Waals surface area contributed by atoms with E-state index in [1.54, 1.807) is 0 Å². The summed E-state index contributed by atoms with van der Waals surface area (Å²) in [5.74, 6) is 0.598. The van der Waals surface area contributed by atoms with Crippen LogP contribution in [-0.2, 0) is 4.79 Å². The zero-order valence-electron chi connectivity index (χ0n) is 7.88. The lowest BCUT2D eigenvalue weighted by atomic mass is 9.94. The standard InChI is InChI=1S/C9H18N2O2/c12-6-5-11-9(13)7-8-1-3-10-4-2-8/h8,10,12H,1-7H2,(H,11,13). The Morgan fingerprint density at radius 3 is 2.77 bits per heavy atom. The Bertz CT molecular complexity index is 156. The van der Waals surface area contributed by atoms with Gasteiger partial charge in [0.1, 0.15) is 0 Å². The molecule has 0 aromatic rings. The van der Waals surface area contributed by atoms with Gasteiger partial charge >= 0.3 is 0 Å². The normalized spacial score (nSPS) is 18.5. The molecule has 0 radical (unpaired) electrons. The summed E-state index contributed by atoms with van der Waals surface area (Å²) in [5.41, 5.74) is 0. The maximum absolute atomic E-state index is 11.2. The van der Waals surface area contributed by atoms with Crippen molar-refractivity contribution in [1.29, 1.82) is 0 Å². The van der Waals surface area contributed by atoms with Crippen LogP contribution < -0.4 is 10.6 Å². The van der Waals surface area contributed by atoms with Gasteiger partial charge in [-0.1, -0.05) is 0 Å². The molecule has 4 heteroatoms. The Balaban J connectivity index is 2.11. The highest BCUT2D eigenvalue weighted by Crippen LogP contribution is 2.15. The van der Waals surface area contributed by atoms with Gasteiger partial charge in [0.2, 0.25) is 5.91 Å². The molecule has 76 valence electrons. The first-order chi connectivity index (χ1) is 6.33. The molecule has 1 aliphatic rings. The quantitative estimate of drug-likeness (QED) is 0.554. The molecule has 0 aliphatic carbocycles. The smallest absolute Gasteiger partial charge is 0.220 e. The van der Waals surface area contributed by atoms with E-state index < -0.39 is 0 Å². The van der Waals surface area contributed by atoms with Gasteiger partial charge in [-0.15, -0.1) is 0 Å². The van der Waals surface area contributed by atoms with Crippen LogP contribution in [0.1, 0.15) is 19.3 Å². The summed E-state index contributed by atoms with van der Waals surface area (Å²) in [5, 5.41) is 14.4. The summed E-state index contributed by atoms with van der Waals surface area (Å²) in [6.07, 6.45) is 2.79. The fraction of sp³-hybridized carbons (Fsp3) is 0.889. The van der Waals surface area contributed by atoms with E-state index in [2.05, 4.69) is 10.6 Å². The van der Waals surface area contributed by atoms with Crippen LogP contribution >= 0.6 is 0 Å². The lowest BCUT2D eigenvalue weighted by Gasteiger charge is -2.21. The molecule has 0 unspecified atom stereocenters. The number of aliphatic hydroxyl groups excluding tert-OH is 1. The molecule has 0 saturated carbocycles. The topological polar surface area (TPSA) is 61.4 Å². The Morgan fingerprint density at radius 2 is 2.15 bits per heavy atom. The van der Waals surface area contributed by atoms with E-state index in [1.807, 2.05) is 0 Å². The molecule has 0 spiro atoms. The molecule has 1 rings (SSSR count). The largest absolute Gasteiger partial charge is 0.395 e. The number of carbonyl (C=O) groups is 1. The summed E-state index contributed by atoms with van der Waals surface area (Å²) in [6, 6.07) is 0. The third kappa shape index (κ3) is 4.24. The fourth-order valence-corrected chi connectivity index (χ4v) is 1.62. The Morgan fingerprint density at radius 1 is 1.46 bits per heavy atom. The van der Waals surface area contributed by atoms with Crippen LogP contribution in [0.15, 0.2) is 0 Å². The number of hydrogen-bond acceptors (Lipinski definition) is 3. The lowest BCUT2D eigenvalue weighted by molar-refractivity contribution is -0.122. The molecule has 13 heavy (non-hydrogen) atoms. The minimum absolute atomic E-state index is 0.0258. The lowest BCUT2D eigenvalue weighted by Crippen LogP contribution is -2.33. The highest BCUT2D eigenvalue weighted by molar-refractivity contribution is 5.76. The molecule has 1 aliphatic heterocycles. The average Bonchev–Trinajstić information content (AvgIpc) is 2.16. The molecular weight excluding hydrogens is 168 g/mol. The Kier molecular flexibility index (Phi) is 4.78. The summed E-state index contributed by atoms with van der Waals surface area (Å²) in [6.45, 7) is 2.46. The number of rotatable bonds is 4. The van der Waals surface area contributed by atoms with Crippen LogP contribution in [0.4, 0.5) is 0 Å². The van der Waals surface area contributed by atoms with E-state index in [-0.39, 0.29) is 12.5 Å². The molecule has 0 aromatic heterocycles. The van der Waals surface area contributed by atoms with Crippen LogP contribution in [0, 0.1) is 5.92 Å². The average molecular weight is 186 g/mol. The number of piperidine rings is 1. The van der Waals surface area contributed by atoms with E-state index in [9.17, 15) is 4.79 Å². The van der Waals surface area contributed by atoms with Crippen molar-refractivity contribution in [2.24, 2.45) is 5.92 Å². The zero-order valence-corrected chi connectivity index (χ0v) is 7.88. The minimum atomic E-state index is 0.0258. The number of nitrogens with one attached hydrogen (secondary N) is 2. The van der Waals surface area contributed by atoms with E-state index in [1.165, 1.54) is 0 Å². The van der Waals surface area contributed by atoms with Gasteiger partial charge in [0, 0.05) is 13.0 Å². The van der Waals surface area contributed by atoms with Gasteiger partial charge in [-0.25, -0.2) is 0 Å². The van der Waals surface area contributed by atoms with Gasteiger partial charge in [-0.2, -0.15) is 0 Å². The third-order valence-electron chi connectivity index (χ3n) is 2.37. The maximum Gasteiger partial charge on any atom is 0.220 e. The molecule has 1 amide bonds. The Hall–Kier alpha value is -0.610. The van der Waals surface area contributed by atoms with Crippen molar-refractivity contribution in [1.82, 2.24) is 10.6 Å². The van der Waals surface area contributed by atoms with Crippen molar-refractivity contribution in [3.8, 4) is 0 Å². The van der Waals surface area contributed by atoms with Crippen LogP contribution in [0.3, 0.4) is 0 Å². The van der Waals surface area contributed by atoms with Gasteiger partial charge in [0.05, 0.1) is 6.61 Å². The van der Waals surface area contributed by atoms with Crippen molar-refractivity contribution in [2.75, 3.05) is 26.2 Å². The third-order valence-corrected chi connectivity index (χ3v) is 2.37. The fourth-order valence-electron chi connectivity index (χ4n) is 1.62. The first-order valence-electron chi connectivity index (χ1n) is 4.91. The summed E-state index contributed by atoms with van der Waals surface area (Å²) < 4.78 is 0. The highest BCUT2D eigenvalue weighted by atomic mass is 16.3.